The molecule has 4 heteroatoms. The van der Waals surface area contributed by atoms with Gasteiger partial charge in [-0.3, -0.25) is 0 Å². The third-order valence-electron chi connectivity index (χ3n) is 4.18. The molecule has 0 unspecified atom stereocenters. The average molecular weight is 279 g/mol. The van der Waals surface area contributed by atoms with Crippen molar-refractivity contribution in [3.8, 4) is 5.75 Å². The SMILES string of the molecule is COc1ccc2c(c1)CC[C@H](c1ccccc1)[C@H]2N=[N+]=[N-]. The first-order valence-electron chi connectivity index (χ1n) is 7.09. The Labute approximate surface area is 124 Å². The number of nitrogens with zero attached hydrogens (tertiary/aromatic N) is 3. The minimum absolute atomic E-state index is 0.146. The highest BCUT2D eigenvalue weighted by molar-refractivity contribution is 5.42. The normalized spacial score (nSPS) is 20.2. The molecule has 2 aromatic carbocycles. The van der Waals surface area contributed by atoms with Gasteiger partial charge in [0.1, 0.15) is 5.75 Å². The summed E-state index contributed by atoms with van der Waals surface area (Å²) < 4.78 is 5.28. The fraction of sp³-hybridized carbons (Fsp3) is 0.294. The molecule has 21 heavy (non-hydrogen) atoms. The first-order valence-corrected chi connectivity index (χ1v) is 7.09. The van der Waals surface area contributed by atoms with Gasteiger partial charge in [0, 0.05) is 4.91 Å². The van der Waals surface area contributed by atoms with Crippen LogP contribution in [0.5, 0.6) is 5.75 Å². The van der Waals surface area contributed by atoms with Crippen LogP contribution in [0.25, 0.3) is 10.4 Å². The lowest BCUT2D eigenvalue weighted by Crippen LogP contribution is -2.17. The summed E-state index contributed by atoms with van der Waals surface area (Å²) in [6.45, 7) is 0. The van der Waals surface area contributed by atoms with E-state index in [2.05, 4.69) is 28.2 Å². The molecular weight excluding hydrogens is 262 g/mol. The highest BCUT2D eigenvalue weighted by Crippen LogP contribution is 2.44. The van der Waals surface area contributed by atoms with E-state index >= 15 is 0 Å². The van der Waals surface area contributed by atoms with E-state index < -0.39 is 0 Å². The van der Waals surface area contributed by atoms with Gasteiger partial charge in [-0.15, -0.1) is 0 Å². The molecule has 0 radical (unpaired) electrons. The molecule has 3 rings (SSSR count). The van der Waals surface area contributed by atoms with E-state index in [0.29, 0.717) is 0 Å². The van der Waals surface area contributed by atoms with Crippen molar-refractivity contribution >= 4 is 0 Å². The minimum Gasteiger partial charge on any atom is -0.497 e. The summed E-state index contributed by atoms with van der Waals surface area (Å²) in [6, 6.07) is 16.2. The monoisotopic (exact) mass is 279 g/mol. The summed E-state index contributed by atoms with van der Waals surface area (Å²) in [7, 11) is 1.67. The molecule has 4 nitrogen and oxygen atoms in total. The molecule has 0 bridgehead atoms. The molecule has 1 aliphatic rings. The number of azide groups is 1. The summed E-state index contributed by atoms with van der Waals surface area (Å²) in [4.78, 5) is 3.07. The van der Waals surface area contributed by atoms with Gasteiger partial charge in [-0.1, -0.05) is 41.5 Å². The first kappa shape index (κ1) is 13.5. The minimum atomic E-state index is -0.146. The van der Waals surface area contributed by atoms with Crippen LogP contribution in [0.15, 0.2) is 53.6 Å². The van der Waals surface area contributed by atoms with Gasteiger partial charge in [0.25, 0.3) is 0 Å². The quantitative estimate of drug-likeness (QED) is 0.453. The Morgan fingerprint density at radius 2 is 2.00 bits per heavy atom. The van der Waals surface area contributed by atoms with Crippen LogP contribution in [-0.2, 0) is 6.42 Å². The van der Waals surface area contributed by atoms with Crippen molar-refractivity contribution in [1.29, 1.82) is 0 Å². The lowest BCUT2D eigenvalue weighted by molar-refractivity contribution is 0.411. The Kier molecular flexibility index (Phi) is 3.80. The molecule has 2 atom stereocenters. The molecule has 0 saturated carbocycles. The number of aryl methyl sites for hydroxylation is 1. The van der Waals surface area contributed by atoms with Crippen LogP contribution in [-0.4, -0.2) is 7.11 Å². The number of fused-ring (bicyclic) bond motifs is 1. The number of benzene rings is 2. The zero-order chi connectivity index (χ0) is 14.7. The second-order valence-corrected chi connectivity index (χ2v) is 5.27. The van der Waals surface area contributed by atoms with Gasteiger partial charge in [-0.2, -0.15) is 0 Å². The average Bonchev–Trinajstić information content (AvgIpc) is 2.55. The Hall–Kier alpha value is -2.45. The summed E-state index contributed by atoms with van der Waals surface area (Å²) >= 11 is 0. The lowest BCUT2D eigenvalue weighted by atomic mass is 9.76. The van der Waals surface area contributed by atoms with Crippen LogP contribution < -0.4 is 4.74 Å². The topological polar surface area (TPSA) is 58.0 Å². The predicted octanol–water partition coefficient (Wildman–Crippen LogP) is 4.78. The van der Waals surface area contributed by atoms with Crippen LogP contribution >= 0.6 is 0 Å². The zero-order valence-electron chi connectivity index (χ0n) is 11.9. The van der Waals surface area contributed by atoms with Crippen LogP contribution in [0, 0.1) is 0 Å². The van der Waals surface area contributed by atoms with Crippen molar-refractivity contribution < 1.29 is 4.74 Å². The molecule has 0 saturated heterocycles. The van der Waals surface area contributed by atoms with Crippen molar-refractivity contribution in [2.75, 3.05) is 7.11 Å². The van der Waals surface area contributed by atoms with Gasteiger partial charge in [-0.05, 0) is 53.1 Å². The van der Waals surface area contributed by atoms with E-state index in [0.717, 1.165) is 24.2 Å². The first-order chi connectivity index (χ1) is 10.3. The molecule has 0 heterocycles. The Balaban J connectivity index is 2.04. The fourth-order valence-electron chi connectivity index (χ4n) is 3.15. The summed E-state index contributed by atoms with van der Waals surface area (Å²) in [5.41, 5.74) is 12.5. The predicted molar refractivity (Wildman–Crippen MR) is 82.4 cm³/mol. The van der Waals surface area contributed by atoms with E-state index in [4.69, 9.17) is 10.3 Å². The third-order valence-corrected chi connectivity index (χ3v) is 4.18. The molecule has 0 amide bonds. The standard InChI is InChI=1S/C17H17N3O/c1-21-14-8-10-16-13(11-14)7-9-15(17(16)19-20-18)12-5-3-2-4-6-12/h2-6,8,10-11,15,17H,7,9H2,1H3/t15-,17-/m1/s1. The Morgan fingerprint density at radius 1 is 1.19 bits per heavy atom. The van der Waals surface area contributed by atoms with Gasteiger partial charge in [-0.25, -0.2) is 0 Å². The second kappa shape index (κ2) is 5.90. The van der Waals surface area contributed by atoms with Crippen molar-refractivity contribution in [3.05, 3.63) is 75.7 Å². The molecule has 0 N–H and O–H groups in total. The number of methoxy groups -OCH3 is 1. The highest BCUT2D eigenvalue weighted by atomic mass is 16.5. The van der Waals surface area contributed by atoms with Crippen molar-refractivity contribution in [3.63, 3.8) is 0 Å². The maximum atomic E-state index is 8.94. The van der Waals surface area contributed by atoms with Crippen LogP contribution in [0.4, 0.5) is 0 Å². The van der Waals surface area contributed by atoms with Gasteiger partial charge in [0.15, 0.2) is 0 Å². The molecule has 0 spiro atoms. The summed E-state index contributed by atoms with van der Waals surface area (Å²) in [5, 5.41) is 4.08. The van der Waals surface area contributed by atoms with Crippen molar-refractivity contribution in [2.24, 2.45) is 5.11 Å². The van der Waals surface area contributed by atoms with Crippen LogP contribution in [0.1, 0.15) is 35.1 Å². The third kappa shape index (κ3) is 2.58. The smallest absolute Gasteiger partial charge is 0.119 e. The Morgan fingerprint density at radius 3 is 2.71 bits per heavy atom. The van der Waals surface area contributed by atoms with E-state index in [9.17, 15) is 0 Å². The Bertz CT molecular complexity index is 678. The highest BCUT2D eigenvalue weighted by Gasteiger charge is 2.30. The fourth-order valence-corrected chi connectivity index (χ4v) is 3.15. The second-order valence-electron chi connectivity index (χ2n) is 5.27. The van der Waals surface area contributed by atoms with Gasteiger partial charge < -0.3 is 4.74 Å². The molecular formula is C17H17N3O. The van der Waals surface area contributed by atoms with Crippen molar-refractivity contribution in [2.45, 2.75) is 24.8 Å². The maximum absolute atomic E-state index is 8.94. The number of ether oxygens (including phenoxy) is 1. The summed E-state index contributed by atoms with van der Waals surface area (Å²) in [5.74, 6) is 1.09. The molecule has 0 aliphatic heterocycles. The number of rotatable bonds is 3. The molecule has 1 aliphatic carbocycles. The van der Waals surface area contributed by atoms with Crippen LogP contribution in [0.2, 0.25) is 0 Å². The van der Waals surface area contributed by atoms with Crippen LogP contribution in [0.3, 0.4) is 0 Å². The van der Waals surface area contributed by atoms with Gasteiger partial charge in [0.05, 0.1) is 13.2 Å². The van der Waals surface area contributed by atoms with Gasteiger partial charge >= 0.3 is 0 Å². The van der Waals surface area contributed by atoms with Crippen molar-refractivity contribution in [1.82, 2.24) is 0 Å². The van der Waals surface area contributed by atoms with Gasteiger partial charge in [0.2, 0.25) is 0 Å². The number of hydrogen-bond acceptors (Lipinski definition) is 2. The zero-order valence-corrected chi connectivity index (χ0v) is 11.9. The van der Waals surface area contributed by atoms with E-state index in [1.807, 2.05) is 30.3 Å². The number of hydrogen-bond donors (Lipinski definition) is 0. The van der Waals surface area contributed by atoms with E-state index in [1.165, 1.54) is 11.1 Å². The molecule has 2 aromatic rings. The molecule has 0 fully saturated rings. The lowest BCUT2D eigenvalue weighted by Gasteiger charge is -2.31. The van der Waals surface area contributed by atoms with E-state index in [-0.39, 0.29) is 12.0 Å². The maximum Gasteiger partial charge on any atom is 0.119 e. The largest absolute Gasteiger partial charge is 0.497 e. The molecule has 106 valence electrons. The summed E-state index contributed by atoms with van der Waals surface area (Å²) in [6.07, 6.45) is 1.96. The molecule has 0 aromatic heterocycles. The van der Waals surface area contributed by atoms with E-state index in [1.54, 1.807) is 7.11 Å².